The molecule has 0 bridgehead atoms. The summed E-state index contributed by atoms with van der Waals surface area (Å²) in [5.41, 5.74) is 1.71. The van der Waals surface area contributed by atoms with Gasteiger partial charge in [-0.15, -0.1) is 12.4 Å². The van der Waals surface area contributed by atoms with Crippen LogP contribution in [0.15, 0.2) is 33.2 Å². The molecule has 0 aliphatic heterocycles. The molecular formula is C16H20ClN3O3. The van der Waals surface area contributed by atoms with Crippen LogP contribution in [0.1, 0.15) is 18.3 Å². The number of ether oxygens (including phenoxy) is 1. The monoisotopic (exact) mass is 337 g/mol. The van der Waals surface area contributed by atoms with Crippen LogP contribution in [0.25, 0.3) is 22.6 Å². The summed E-state index contributed by atoms with van der Waals surface area (Å²) in [6, 6.07) is 8.09. The first kappa shape index (κ1) is 17.5. The highest BCUT2D eigenvalue weighted by molar-refractivity contribution is 5.86. The number of furan rings is 1. The molecule has 2 heterocycles. The van der Waals surface area contributed by atoms with Crippen molar-refractivity contribution in [3.05, 3.63) is 35.7 Å². The second-order valence-corrected chi connectivity index (χ2v) is 5.25. The number of rotatable bonds is 6. The summed E-state index contributed by atoms with van der Waals surface area (Å²) in [4.78, 5) is 4.44. The first-order valence-electron chi connectivity index (χ1n) is 7.22. The number of hydrogen-bond acceptors (Lipinski definition) is 6. The molecule has 1 aromatic carbocycles. The van der Waals surface area contributed by atoms with Crippen molar-refractivity contribution < 1.29 is 13.7 Å². The van der Waals surface area contributed by atoms with E-state index in [9.17, 15) is 0 Å². The number of para-hydroxylation sites is 1. The summed E-state index contributed by atoms with van der Waals surface area (Å²) in [6.45, 7) is 2.49. The fourth-order valence-corrected chi connectivity index (χ4v) is 2.36. The Balaban J connectivity index is 0.00000192. The lowest BCUT2D eigenvalue weighted by Gasteiger charge is -2.04. The first-order valence-corrected chi connectivity index (χ1v) is 7.22. The Kier molecular flexibility index (Phi) is 5.76. The Morgan fingerprint density at radius 2 is 2.09 bits per heavy atom. The van der Waals surface area contributed by atoms with Gasteiger partial charge in [0.05, 0.1) is 6.61 Å². The van der Waals surface area contributed by atoms with Gasteiger partial charge in [0.15, 0.2) is 11.6 Å². The van der Waals surface area contributed by atoms with Gasteiger partial charge in [0, 0.05) is 30.5 Å². The van der Waals surface area contributed by atoms with Crippen LogP contribution in [0.3, 0.4) is 0 Å². The van der Waals surface area contributed by atoms with E-state index in [1.54, 1.807) is 7.11 Å². The minimum Gasteiger partial charge on any atom is -0.450 e. The number of benzene rings is 1. The van der Waals surface area contributed by atoms with Gasteiger partial charge in [-0.25, -0.2) is 0 Å². The van der Waals surface area contributed by atoms with E-state index in [4.69, 9.17) is 13.7 Å². The topological polar surface area (TPSA) is 73.3 Å². The van der Waals surface area contributed by atoms with Crippen LogP contribution in [0.5, 0.6) is 0 Å². The number of aromatic nitrogens is 2. The van der Waals surface area contributed by atoms with Crippen molar-refractivity contribution in [1.29, 1.82) is 0 Å². The van der Waals surface area contributed by atoms with Gasteiger partial charge >= 0.3 is 0 Å². The maximum atomic E-state index is 5.89. The lowest BCUT2D eigenvalue weighted by Crippen LogP contribution is -2.24. The molecule has 23 heavy (non-hydrogen) atoms. The number of halogens is 1. The van der Waals surface area contributed by atoms with E-state index in [1.165, 1.54) is 0 Å². The maximum Gasteiger partial charge on any atom is 0.294 e. The molecule has 2 aromatic heterocycles. The zero-order valence-electron chi connectivity index (χ0n) is 13.3. The molecule has 6 nitrogen and oxygen atoms in total. The highest BCUT2D eigenvalue weighted by atomic mass is 35.5. The maximum absolute atomic E-state index is 5.89. The van der Waals surface area contributed by atoms with Crippen molar-refractivity contribution in [2.75, 3.05) is 14.2 Å². The van der Waals surface area contributed by atoms with Gasteiger partial charge in [0.2, 0.25) is 0 Å². The Morgan fingerprint density at radius 1 is 1.30 bits per heavy atom. The van der Waals surface area contributed by atoms with Crippen molar-refractivity contribution in [3.8, 4) is 11.7 Å². The Morgan fingerprint density at radius 3 is 2.83 bits per heavy atom. The third-order valence-corrected chi connectivity index (χ3v) is 3.63. The smallest absolute Gasteiger partial charge is 0.294 e. The third-order valence-electron chi connectivity index (χ3n) is 3.63. The van der Waals surface area contributed by atoms with Gasteiger partial charge in [0.1, 0.15) is 5.58 Å². The van der Waals surface area contributed by atoms with Crippen LogP contribution in [0, 0.1) is 0 Å². The molecule has 7 heteroatoms. The van der Waals surface area contributed by atoms with Crippen molar-refractivity contribution in [2.45, 2.75) is 26.0 Å². The highest BCUT2D eigenvalue weighted by Gasteiger charge is 2.21. The van der Waals surface area contributed by atoms with Gasteiger partial charge in [-0.2, -0.15) is 4.98 Å². The third kappa shape index (κ3) is 3.55. The summed E-state index contributed by atoms with van der Waals surface area (Å²) >= 11 is 0. The van der Waals surface area contributed by atoms with E-state index >= 15 is 0 Å². The van der Waals surface area contributed by atoms with Gasteiger partial charge in [-0.3, -0.25) is 0 Å². The molecular weight excluding hydrogens is 318 g/mol. The SMILES string of the molecule is CNC(C)Cc1noc(-c2oc3ccccc3c2COC)n1.Cl. The van der Waals surface area contributed by atoms with Crippen molar-refractivity contribution >= 4 is 23.4 Å². The van der Waals surface area contributed by atoms with Crippen LogP contribution >= 0.6 is 12.4 Å². The van der Waals surface area contributed by atoms with Crippen LogP contribution in [0.2, 0.25) is 0 Å². The number of hydrogen-bond donors (Lipinski definition) is 1. The summed E-state index contributed by atoms with van der Waals surface area (Å²) < 4.78 is 16.6. The van der Waals surface area contributed by atoms with Crippen LogP contribution in [-0.4, -0.2) is 30.3 Å². The first-order chi connectivity index (χ1) is 10.7. The molecule has 1 unspecified atom stereocenters. The van der Waals surface area contributed by atoms with E-state index in [0.29, 0.717) is 30.5 Å². The highest BCUT2D eigenvalue weighted by Crippen LogP contribution is 2.33. The molecule has 0 amide bonds. The second-order valence-electron chi connectivity index (χ2n) is 5.25. The lowest BCUT2D eigenvalue weighted by atomic mass is 10.1. The molecule has 3 aromatic rings. The van der Waals surface area contributed by atoms with E-state index in [-0.39, 0.29) is 18.4 Å². The van der Waals surface area contributed by atoms with Crippen LogP contribution in [-0.2, 0) is 17.8 Å². The largest absolute Gasteiger partial charge is 0.450 e. The predicted octanol–water partition coefficient (Wildman–Crippen LogP) is 3.20. The molecule has 0 aliphatic carbocycles. The van der Waals surface area contributed by atoms with Crippen LogP contribution < -0.4 is 5.32 Å². The molecule has 1 atom stereocenters. The number of fused-ring (bicyclic) bond motifs is 1. The summed E-state index contributed by atoms with van der Waals surface area (Å²) in [5, 5.41) is 8.18. The fourth-order valence-electron chi connectivity index (χ4n) is 2.36. The minimum absolute atomic E-state index is 0. The van der Waals surface area contributed by atoms with Crippen LogP contribution in [0.4, 0.5) is 0 Å². The van der Waals surface area contributed by atoms with E-state index in [2.05, 4.69) is 22.4 Å². The molecule has 1 N–H and O–H groups in total. The Hall–Kier alpha value is -1.89. The average Bonchev–Trinajstić information content (AvgIpc) is 3.12. The van der Waals surface area contributed by atoms with E-state index < -0.39 is 0 Å². The molecule has 0 radical (unpaired) electrons. The average molecular weight is 338 g/mol. The zero-order valence-corrected chi connectivity index (χ0v) is 14.1. The number of nitrogens with zero attached hydrogens (tertiary/aromatic N) is 2. The van der Waals surface area contributed by atoms with Gasteiger partial charge in [-0.05, 0) is 20.0 Å². The quantitative estimate of drug-likeness (QED) is 0.744. The number of methoxy groups -OCH3 is 1. The lowest BCUT2D eigenvalue weighted by molar-refractivity contribution is 0.185. The molecule has 0 saturated heterocycles. The van der Waals surface area contributed by atoms with E-state index in [1.807, 2.05) is 31.3 Å². The summed E-state index contributed by atoms with van der Waals surface area (Å²) in [6.07, 6.45) is 0.694. The van der Waals surface area contributed by atoms with Crippen molar-refractivity contribution in [3.63, 3.8) is 0 Å². The summed E-state index contributed by atoms with van der Waals surface area (Å²) in [5.74, 6) is 1.63. The van der Waals surface area contributed by atoms with Gasteiger partial charge < -0.3 is 19.0 Å². The molecule has 0 fully saturated rings. The van der Waals surface area contributed by atoms with Crippen molar-refractivity contribution in [2.24, 2.45) is 0 Å². The van der Waals surface area contributed by atoms with Gasteiger partial charge in [-0.1, -0.05) is 23.4 Å². The minimum atomic E-state index is 0. The summed E-state index contributed by atoms with van der Waals surface area (Å²) in [7, 11) is 3.56. The molecule has 0 saturated carbocycles. The molecule has 3 rings (SSSR count). The predicted molar refractivity (Wildman–Crippen MR) is 89.7 cm³/mol. The fraction of sp³-hybridized carbons (Fsp3) is 0.375. The standard InChI is InChI=1S/C16H19N3O3.ClH/c1-10(17-2)8-14-18-16(22-19-14)15-12(9-20-3)11-6-4-5-7-13(11)21-15;/h4-7,10,17H,8-9H2,1-3H3;1H. The van der Waals surface area contributed by atoms with Crippen molar-refractivity contribution in [1.82, 2.24) is 15.5 Å². The zero-order chi connectivity index (χ0) is 15.5. The van der Waals surface area contributed by atoms with E-state index in [0.717, 1.165) is 16.5 Å². The number of likely N-dealkylation sites (N-methyl/N-ethyl adjacent to an activating group) is 1. The second kappa shape index (κ2) is 7.59. The molecule has 124 valence electrons. The normalized spacial score (nSPS) is 12.3. The van der Waals surface area contributed by atoms with Gasteiger partial charge in [0.25, 0.3) is 5.89 Å². The Bertz CT molecular complexity index is 769. The Labute approximate surface area is 140 Å². The molecule has 0 spiro atoms. The molecule has 0 aliphatic rings. The number of nitrogens with one attached hydrogen (secondary N) is 1.